The lowest BCUT2D eigenvalue weighted by molar-refractivity contribution is -0.0732. The molecule has 1 saturated carbocycles. The molecule has 1 rings (SSSR count). The fourth-order valence-electron chi connectivity index (χ4n) is 1.56. The molecule has 2 unspecified atom stereocenters. The molecule has 12 heavy (non-hydrogen) atoms. The lowest BCUT2D eigenvalue weighted by Crippen LogP contribution is -2.28. The maximum Gasteiger partial charge on any atom is 0.0627 e. The summed E-state index contributed by atoms with van der Waals surface area (Å²) in [6, 6.07) is 0. The third-order valence-electron chi connectivity index (χ3n) is 2.69. The van der Waals surface area contributed by atoms with E-state index in [1.807, 2.05) is 0 Å². The van der Waals surface area contributed by atoms with Crippen LogP contribution in [0.1, 0.15) is 46.5 Å². The van der Waals surface area contributed by atoms with Gasteiger partial charge in [0.2, 0.25) is 0 Å². The summed E-state index contributed by atoms with van der Waals surface area (Å²) >= 11 is 0. The van der Waals surface area contributed by atoms with E-state index in [2.05, 4.69) is 20.8 Å². The third kappa shape index (κ3) is 2.76. The van der Waals surface area contributed by atoms with Crippen LogP contribution in [0.3, 0.4) is 0 Å². The Morgan fingerprint density at radius 3 is 2.50 bits per heavy atom. The molecule has 0 bridgehead atoms. The number of hydrogen-bond acceptors (Lipinski definition) is 2. The second-order valence-electron chi connectivity index (χ2n) is 4.32. The molecule has 1 fully saturated rings. The van der Waals surface area contributed by atoms with Crippen LogP contribution in [0.25, 0.3) is 0 Å². The van der Waals surface area contributed by atoms with Crippen molar-refractivity contribution in [2.45, 2.75) is 64.3 Å². The van der Waals surface area contributed by atoms with Crippen LogP contribution >= 0.6 is 0 Å². The van der Waals surface area contributed by atoms with Gasteiger partial charge >= 0.3 is 0 Å². The molecule has 2 heteroatoms. The van der Waals surface area contributed by atoms with E-state index in [1.165, 1.54) is 0 Å². The van der Waals surface area contributed by atoms with E-state index >= 15 is 0 Å². The minimum absolute atomic E-state index is 0.0191. The standard InChI is InChI=1S/C10H20O2/c1-4-10(2,3)12-9-6-5-8(11)7-9/h8-9,11H,4-7H2,1-3H3. The molecule has 72 valence electrons. The Hall–Kier alpha value is -0.0800. The summed E-state index contributed by atoms with van der Waals surface area (Å²) in [7, 11) is 0. The van der Waals surface area contributed by atoms with Gasteiger partial charge < -0.3 is 9.84 Å². The van der Waals surface area contributed by atoms with Gasteiger partial charge in [0, 0.05) is 0 Å². The molecule has 0 aromatic rings. The molecule has 0 amide bonds. The average molecular weight is 172 g/mol. The van der Waals surface area contributed by atoms with Gasteiger partial charge in [-0.3, -0.25) is 0 Å². The fourth-order valence-corrected chi connectivity index (χ4v) is 1.56. The van der Waals surface area contributed by atoms with Gasteiger partial charge in [-0.2, -0.15) is 0 Å². The first-order valence-electron chi connectivity index (χ1n) is 4.89. The summed E-state index contributed by atoms with van der Waals surface area (Å²) in [5, 5.41) is 9.29. The van der Waals surface area contributed by atoms with Crippen LogP contribution in [0.15, 0.2) is 0 Å². The highest BCUT2D eigenvalue weighted by Crippen LogP contribution is 2.27. The van der Waals surface area contributed by atoms with E-state index in [4.69, 9.17) is 4.74 Å². The van der Waals surface area contributed by atoms with Gasteiger partial charge in [-0.15, -0.1) is 0 Å². The lowest BCUT2D eigenvalue weighted by atomic mass is 10.1. The van der Waals surface area contributed by atoms with Crippen LogP contribution < -0.4 is 0 Å². The lowest BCUT2D eigenvalue weighted by Gasteiger charge is -2.27. The van der Waals surface area contributed by atoms with E-state index < -0.39 is 0 Å². The highest BCUT2D eigenvalue weighted by atomic mass is 16.5. The van der Waals surface area contributed by atoms with Crippen molar-refractivity contribution in [3.8, 4) is 0 Å². The summed E-state index contributed by atoms with van der Waals surface area (Å²) in [5.41, 5.74) is -0.0191. The Morgan fingerprint density at radius 1 is 1.42 bits per heavy atom. The van der Waals surface area contributed by atoms with Crippen molar-refractivity contribution in [3.05, 3.63) is 0 Å². The van der Waals surface area contributed by atoms with Crippen molar-refractivity contribution in [2.24, 2.45) is 0 Å². The van der Waals surface area contributed by atoms with Crippen LogP contribution in [0.2, 0.25) is 0 Å². The molecule has 0 aromatic heterocycles. The molecule has 0 radical (unpaired) electrons. The molecule has 1 aliphatic rings. The molecule has 2 atom stereocenters. The van der Waals surface area contributed by atoms with Gasteiger partial charge in [-0.05, 0) is 39.5 Å². The normalized spacial score (nSPS) is 31.0. The smallest absolute Gasteiger partial charge is 0.0627 e. The molecule has 0 saturated heterocycles. The Morgan fingerprint density at radius 2 is 2.08 bits per heavy atom. The van der Waals surface area contributed by atoms with Gasteiger partial charge in [-0.25, -0.2) is 0 Å². The molecule has 0 aliphatic heterocycles. The van der Waals surface area contributed by atoms with Gasteiger partial charge in [0.1, 0.15) is 0 Å². The van der Waals surface area contributed by atoms with Gasteiger partial charge in [-0.1, -0.05) is 6.92 Å². The van der Waals surface area contributed by atoms with Crippen molar-refractivity contribution in [1.82, 2.24) is 0 Å². The monoisotopic (exact) mass is 172 g/mol. The predicted octanol–water partition coefficient (Wildman–Crippen LogP) is 2.11. The molecule has 2 nitrogen and oxygen atoms in total. The quantitative estimate of drug-likeness (QED) is 0.706. The van der Waals surface area contributed by atoms with Gasteiger partial charge in [0.15, 0.2) is 0 Å². The molecule has 1 N–H and O–H groups in total. The van der Waals surface area contributed by atoms with E-state index in [0.717, 1.165) is 25.7 Å². The number of aliphatic hydroxyl groups is 1. The zero-order valence-corrected chi connectivity index (χ0v) is 8.34. The van der Waals surface area contributed by atoms with E-state index in [0.29, 0.717) is 0 Å². The van der Waals surface area contributed by atoms with Crippen molar-refractivity contribution in [3.63, 3.8) is 0 Å². The minimum Gasteiger partial charge on any atom is -0.393 e. The summed E-state index contributed by atoms with van der Waals surface area (Å²) in [6.07, 6.45) is 3.94. The van der Waals surface area contributed by atoms with Crippen LogP contribution in [-0.2, 0) is 4.74 Å². The number of rotatable bonds is 3. The first-order chi connectivity index (χ1) is 5.53. The summed E-state index contributed by atoms with van der Waals surface area (Å²) < 4.78 is 5.86. The number of aliphatic hydroxyl groups excluding tert-OH is 1. The Kier molecular flexibility index (Phi) is 3.13. The highest BCUT2D eigenvalue weighted by Gasteiger charge is 2.28. The Balaban J connectivity index is 2.32. The summed E-state index contributed by atoms with van der Waals surface area (Å²) in [6.45, 7) is 6.35. The molecule has 1 aliphatic carbocycles. The molecule has 0 spiro atoms. The zero-order valence-electron chi connectivity index (χ0n) is 8.34. The first kappa shape index (κ1) is 10.0. The van der Waals surface area contributed by atoms with Gasteiger partial charge in [0.25, 0.3) is 0 Å². The van der Waals surface area contributed by atoms with E-state index in [9.17, 15) is 5.11 Å². The largest absolute Gasteiger partial charge is 0.393 e. The third-order valence-corrected chi connectivity index (χ3v) is 2.69. The topological polar surface area (TPSA) is 29.5 Å². The Bertz CT molecular complexity index is 143. The average Bonchev–Trinajstić information content (AvgIpc) is 2.35. The van der Waals surface area contributed by atoms with Crippen LogP contribution in [0.5, 0.6) is 0 Å². The molecular formula is C10H20O2. The number of ether oxygens (including phenoxy) is 1. The fraction of sp³-hybridized carbons (Fsp3) is 1.00. The molecule has 0 aromatic carbocycles. The second kappa shape index (κ2) is 3.75. The second-order valence-corrected chi connectivity index (χ2v) is 4.32. The maximum atomic E-state index is 9.29. The maximum absolute atomic E-state index is 9.29. The predicted molar refractivity (Wildman–Crippen MR) is 49.1 cm³/mol. The SMILES string of the molecule is CCC(C)(C)OC1CCC(O)C1. The molecule has 0 heterocycles. The first-order valence-corrected chi connectivity index (χ1v) is 4.89. The molecular weight excluding hydrogens is 152 g/mol. The van der Waals surface area contributed by atoms with Gasteiger partial charge in [0.05, 0.1) is 17.8 Å². The van der Waals surface area contributed by atoms with Crippen LogP contribution in [-0.4, -0.2) is 22.9 Å². The van der Waals surface area contributed by atoms with Crippen molar-refractivity contribution >= 4 is 0 Å². The highest BCUT2D eigenvalue weighted by molar-refractivity contribution is 4.78. The van der Waals surface area contributed by atoms with Crippen molar-refractivity contribution in [1.29, 1.82) is 0 Å². The van der Waals surface area contributed by atoms with Crippen molar-refractivity contribution < 1.29 is 9.84 Å². The Labute approximate surface area is 74.9 Å². The minimum atomic E-state index is -0.123. The summed E-state index contributed by atoms with van der Waals surface area (Å²) in [4.78, 5) is 0. The number of hydrogen-bond donors (Lipinski definition) is 1. The summed E-state index contributed by atoms with van der Waals surface area (Å²) in [5.74, 6) is 0. The van der Waals surface area contributed by atoms with Crippen LogP contribution in [0.4, 0.5) is 0 Å². The zero-order chi connectivity index (χ0) is 9.19. The van der Waals surface area contributed by atoms with E-state index in [1.54, 1.807) is 0 Å². The van der Waals surface area contributed by atoms with Crippen LogP contribution in [0, 0.1) is 0 Å². The van der Waals surface area contributed by atoms with Crippen molar-refractivity contribution in [2.75, 3.05) is 0 Å². The van der Waals surface area contributed by atoms with E-state index in [-0.39, 0.29) is 17.8 Å².